The lowest BCUT2D eigenvalue weighted by atomic mass is 10.2. The van der Waals surface area contributed by atoms with Gasteiger partial charge in [-0.2, -0.15) is 4.37 Å². The third-order valence-electron chi connectivity index (χ3n) is 4.31. The van der Waals surface area contributed by atoms with Gasteiger partial charge in [-0.25, -0.2) is 17.8 Å². The van der Waals surface area contributed by atoms with E-state index in [-0.39, 0.29) is 10.2 Å². The molecule has 0 bridgehead atoms. The fourth-order valence-corrected chi connectivity index (χ4v) is 4.91. The lowest BCUT2D eigenvalue weighted by Gasteiger charge is -2.13. The average molecular weight is 449 g/mol. The van der Waals surface area contributed by atoms with Crippen molar-refractivity contribution in [3.8, 4) is 0 Å². The number of aromatic nitrogens is 2. The quantitative estimate of drug-likeness (QED) is 0.413. The highest BCUT2D eigenvalue weighted by Gasteiger charge is 2.22. The molecule has 1 aromatic heterocycles. The molecule has 1 saturated heterocycles. The Bertz CT molecular complexity index is 876. The number of benzene rings is 1. The summed E-state index contributed by atoms with van der Waals surface area (Å²) in [6, 6.07) is 2.73. The van der Waals surface area contributed by atoms with Gasteiger partial charge >= 0.3 is 0 Å². The molecule has 3 rings (SSSR count). The summed E-state index contributed by atoms with van der Waals surface area (Å²) < 4.78 is 44.9. The third kappa shape index (κ3) is 5.74. The third-order valence-corrected chi connectivity index (χ3v) is 6.68. The summed E-state index contributed by atoms with van der Waals surface area (Å²) in [4.78, 5) is 3.19. The van der Waals surface area contributed by atoms with Crippen LogP contribution in [0, 0.1) is 5.82 Å². The molecular weight excluding hydrogens is 427 g/mol. The molecular formula is C16H22ClFN6O2S2. The van der Waals surface area contributed by atoms with E-state index in [4.69, 9.17) is 11.6 Å². The molecule has 1 fully saturated rings. The molecule has 1 aromatic carbocycles. The van der Waals surface area contributed by atoms with E-state index < -0.39 is 20.7 Å². The van der Waals surface area contributed by atoms with E-state index in [1.54, 1.807) is 0 Å². The van der Waals surface area contributed by atoms with Gasteiger partial charge in [0.2, 0.25) is 5.13 Å². The molecule has 28 heavy (non-hydrogen) atoms. The number of unbranched alkanes of at least 4 members (excludes halogenated alkanes) is 1. The molecule has 2 aromatic rings. The molecule has 12 heteroatoms. The van der Waals surface area contributed by atoms with E-state index >= 15 is 0 Å². The molecule has 0 amide bonds. The highest BCUT2D eigenvalue weighted by atomic mass is 35.5. The van der Waals surface area contributed by atoms with Gasteiger partial charge in [0.15, 0.2) is 0 Å². The van der Waals surface area contributed by atoms with Gasteiger partial charge in [0.1, 0.15) is 17.0 Å². The van der Waals surface area contributed by atoms with Crippen LogP contribution in [0.3, 0.4) is 0 Å². The van der Waals surface area contributed by atoms with Crippen molar-refractivity contribution >= 4 is 44.0 Å². The van der Waals surface area contributed by atoms with Gasteiger partial charge in [-0.3, -0.25) is 4.72 Å². The highest BCUT2D eigenvalue weighted by Crippen LogP contribution is 2.29. The van der Waals surface area contributed by atoms with Crippen LogP contribution < -0.4 is 20.7 Å². The number of sulfonamides is 1. The number of halogens is 2. The molecule has 8 nitrogen and oxygen atoms in total. The number of nitrogens with one attached hydrogen (secondary N) is 4. The smallest absolute Gasteiger partial charge is 0.266 e. The Balaban J connectivity index is 1.51. The van der Waals surface area contributed by atoms with Gasteiger partial charge in [0.05, 0.1) is 10.7 Å². The minimum Gasteiger partial charge on any atom is -0.384 e. The van der Waals surface area contributed by atoms with Crippen LogP contribution in [0.1, 0.15) is 19.3 Å². The van der Waals surface area contributed by atoms with Gasteiger partial charge in [0.25, 0.3) is 10.0 Å². The molecule has 154 valence electrons. The predicted molar refractivity (Wildman–Crippen MR) is 109 cm³/mol. The summed E-state index contributed by atoms with van der Waals surface area (Å²) in [5, 5.41) is 10.0. The largest absolute Gasteiger partial charge is 0.384 e. The first-order valence-electron chi connectivity index (χ1n) is 8.92. The fourth-order valence-electron chi connectivity index (χ4n) is 2.87. The lowest BCUT2D eigenvalue weighted by molar-refractivity contribution is 0.530. The van der Waals surface area contributed by atoms with Crippen molar-refractivity contribution in [3.05, 3.63) is 29.3 Å². The molecule has 2 heterocycles. The first-order chi connectivity index (χ1) is 13.5. The Morgan fingerprint density at radius 1 is 1.32 bits per heavy atom. The molecule has 1 atom stereocenters. The maximum absolute atomic E-state index is 14.4. The second kappa shape index (κ2) is 9.79. The first-order valence-corrected chi connectivity index (χ1v) is 11.6. The summed E-state index contributed by atoms with van der Waals surface area (Å²) in [7, 11) is -4.14. The van der Waals surface area contributed by atoms with Crippen molar-refractivity contribution in [3.63, 3.8) is 0 Å². The van der Waals surface area contributed by atoms with Crippen LogP contribution in [0.2, 0.25) is 5.02 Å². The van der Waals surface area contributed by atoms with Crippen LogP contribution in [0.25, 0.3) is 0 Å². The van der Waals surface area contributed by atoms with Gasteiger partial charge in [0, 0.05) is 30.7 Å². The second-order valence-corrected chi connectivity index (χ2v) is 9.23. The molecule has 4 N–H and O–H groups in total. The molecule has 0 unspecified atom stereocenters. The molecule has 1 aliphatic rings. The van der Waals surface area contributed by atoms with Crippen molar-refractivity contribution in [1.29, 1.82) is 0 Å². The van der Waals surface area contributed by atoms with Crippen molar-refractivity contribution in [1.82, 2.24) is 20.0 Å². The minimum atomic E-state index is -4.14. The highest BCUT2D eigenvalue weighted by molar-refractivity contribution is 7.93. The van der Waals surface area contributed by atoms with E-state index in [1.165, 1.54) is 6.33 Å². The van der Waals surface area contributed by atoms with E-state index in [0.29, 0.717) is 18.3 Å². The van der Waals surface area contributed by atoms with Crippen molar-refractivity contribution in [2.75, 3.05) is 36.2 Å². The fraction of sp³-hybridized carbons (Fsp3) is 0.500. The zero-order valence-electron chi connectivity index (χ0n) is 15.0. The summed E-state index contributed by atoms with van der Waals surface area (Å²) in [5.74, 6) is -0.890. The molecule has 1 aliphatic heterocycles. The Labute approximate surface area is 172 Å². The lowest BCUT2D eigenvalue weighted by Crippen LogP contribution is -2.31. The van der Waals surface area contributed by atoms with E-state index in [2.05, 4.69) is 30.0 Å². The van der Waals surface area contributed by atoms with Gasteiger partial charge < -0.3 is 16.0 Å². The van der Waals surface area contributed by atoms with E-state index in [9.17, 15) is 12.8 Å². The number of hydrogen-bond donors (Lipinski definition) is 4. The predicted octanol–water partition coefficient (Wildman–Crippen LogP) is 2.28. The van der Waals surface area contributed by atoms with E-state index in [1.807, 2.05) is 0 Å². The topological polar surface area (TPSA) is 108 Å². The zero-order chi connectivity index (χ0) is 20.0. The number of anilines is 2. The maximum atomic E-state index is 14.4. The number of rotatable bonds is 10. The van der Waals surface area contributed by atoms with Crippen LogP contribution in [0.15, 0.2) is 23.4 Å². The first kappa shape index (κ1) is 21.2. The summed E-state index contributed by atoms with van der Waals surface area (Å²) in [6.07, 6.45) is 4.21. The molecule has 0 saturated carbocycles. The Hall–Kier alpha value is -1.53. The minimum absolute atomic E-state index is 0.0553. The Morgan fingerprint density at radius 3 is 2.86 bits per heavy atom. The average Bonchev–Trinajstić information content (AvgIpc) is 3.34. The van der Waals surface area contributed by atoms with Crippen molar-refractivity contribution in [2.24, 2.45) is 0 Å². The molecule has 0 aliphatic carbocycles. The molecule has 0 spiro atoms. The summed E-state index contributed by atoms with van der Waals surface area (Å²) >= 11 is 7.00. The van der Waals surface area contributed by atoms with Crippen molar-refractivity contribution < 1.29 is 12.8 Å². The van der Waals surface area contributed by atoms with Crippen LogP contribution in [-0.2, 0) is 10.0 Å². The second-order valence-electron chi connectivity index (χ2n) is 6.39. The summed E-state index contributed by atoms with van der Waals surface area (Å²) in [6.45, 7) is 3.60. The van der Waals surface area contributed by atoms with E-state index in [0.717, 1.165) is 62.6 Å². The molecule has 0 radical (unpaired) electrons. The number of nitrogens with zero attached hydrogens (tertiary/aromatic N) is 2. The van der Waals surface area contributed by atoms with Crippen LogP contribution in [-0.4, -0.2) is 50.0 Å². The van der Waals surface area contributed by atoms with Crippen molar-refractivity contribution in [2.45, 2.75) is 30.2 Å². The number of hydrogen-bond acceptors (Lipinski definition) is 8. The SMILES string of the molecule is O=S(=O)(Nc1ncns1)c1cc(Cl)c(NCCCCN[C@H]2CCNC2)cc1F. The van der Waals surface area contributed by atoms with Gasteiger partial charge in [-0.15, -0.1) is 0 Å². The van der Waals surface area contributed by atoms with Crippen LogP contribution in [0.4, 0.5) is 15.2 Å². The standard InChI is InChI=1S/C16H22ClFN6O2S2/c17-12-7-15(28(25,26)24-16-22-10-23-27-16)13(18)8-14(12)21-5-2-1-4-20-11-3-6-19-9-11/h7-8,10-11,19-21H,1-6,9H2,(H,22,23,24)/t11-/m0/s1. The van der Waals surface area contributed by atoms with Gasteiger partial charge in [-0.05, 0) is 44.5 Å². The normalized spacial score (nSPS) is 17.0. The maximum Gasteiger partial charge on any atom is 0.266 e. The van der Waals surface area contributed by atoms with Crippen LogP contribution in [0.5, 0.6) is 0 Å². The zero-order valence-corrected chi connectivity index (χ0v) is 17.4. The Morgan fingerprint density at radius 2 is 2.14 bits per heavy atom. The monoisotopic (exact) mass is 448 g/mol. The Kier molecular flexibility index (Phi) is 7.41. The summed E-state index contributed by atoms with van der Waals surface area (Å²) in [5.41, 5.74) is 0.363. The van der Waals surface area contributed by atoms with Gasteiger partial charge in [-0.1, -0.05) is 11.6 Å². The van der Waals surface area contributed by atoms with Crippen LogP contribution >= 0.6 is 23.1 Å².